The molecule has 1 aliphatic carbocycles. The molecule has 118 valence electrons. The lowest BCUT2D eigenvalue weighted by Gasteiger charge is -2.35. The predicted molar refractivity (Wildman–Crippen MR) is 87.3 cm³/mol. The summed E-state index contributed by atoms with van der Waals surface area (Å²) in [5.41, 5.74) is 1.79. The number of hydrogen-bond donors (Lipinski definition) is 1. The van der Waals surface area contributed by atoms with E-state index in [9.17, 15) is 0 Å². The number of hydrogen-bond acceptors (Lipinski definition) is 3. The van der Waals surface area contributed by atoms with Crippen molar-refractivity contribution in [3.63, 3.8) is 0 Å². The molecule has 1 aromatic rings. The minimum absolute atomic E-state index is 0.499. The maximum atomic E-state index is 5.36. The standard InChI is InChI=1S/C18H29NO2/c1-18(2)10-5-6-15(13-18)19-11-9-14-7-8-16(20-3)17(12-14)21-4/h7-8,12,15,19H,5-6,9-11,13H2,1-4H3. The van der Waals surface area contributed by atoms with Crippen molar-refractivity contribution < 1.29 is 9.47 Å². The average molecular weight is 291 g/mol. The molecule has 1 unspecified atom stereocenters. The Morgan fingerprint density at radius 2 is 1.95 bits per heavy atom. The van der Waals surface area contributed by atoms with Gasteiger partial charge in [-0.2, -0.15) is 0 Å². The molecule has 3 heteroatoms. The molecule has 0 radical (unpaired) electrons. The molecule has 1 fully saturated rings. The molecule has 0 spiro atoms. The normalized spacial score (nSPS) is 21.0. The van der Waals surface area contributed by atoms with Crippen LogP contribution >= 0.6 is 0 Å². The number of benzene rings is 1. The van der Waals surface area contributed by atoms with Crippen molar-refractivity contribution in [2.45, 2.75) is 52.0 Å². The van der Waals surface area contributed by atoms with E-state index in [1.54, 1.807) is 14.2 Å². The molecule has 0 heterocycles. The van der Waals surface area contributed by atoms with Gasteiger partial charge in [0, 0.05) is 6.04 Å². The Morgan fingerprint density at radius 3 is 2.62 bits per heavy atom. The van der Waals surface area contributed by atoms with Crippen LogP contribution in [0, 0.1) is 5.41 Å². The lowest BCUT2D eigenvalue weighted by atomic mass is 9.75. The van der Waals surface area contributed by atoms with E-state index in [1.165, 1.54) is 31.2 Å². The molecule has 0 aromatic heterocycles. The maximum Gasteiger partial charge on any atom is 0.160 e. The van der Waals surface area contributed by atoms with Gasteiger partial charge in [0.1, 0.15) is 0 Å². The van der Waals surface area contributed by atoms with Crippen LogP contribution in [0.15, 0.2) is 18.2 Å². The summed E-state index contributed by atoms with van der Waals surface area (Å²) in [5, 5.41) is 3.72. The Kier molecular flexibility index (Phi) is 5.51. The Balaban J connectivity index is 1.83. The van der Waals surface area contributed by atoms with Gasteiger partial charge in [-0.05, 0) is 55.3 Å². The van der Waals surface area contributed by atoms with Crippen molar-refractivity contribution in [1.29, 1.82) is 0 Å². The van der Waals surface area contributed by atoms with Crippen LogP contribution in [-0.2, 0) is 6.42 Å². The molecule has 21 heavy (non-hydrogen) atoms. The van der Waals surface area contributed by atoms with E-state index in [0.29, 0.717) is 11.5 Å². The molecule has 1 saturated carbocycles. The SMILES string of the molecule is COc1ccc(CCNC2CCCC(C)(C)C2)cc1OC. The second-order valence-electron chi connectivity index (χ2n) is 6.85. The zero-order valence-electron chi connectivity index (χ0n) is 13.9. The second kappa shape index (κ2) is 7.17. The van der Waals surface area contributed by atoms with Gasteiger partial charge in [-0.1, -0.05) is 26.3 Å². The zero-order valence-corrected chi connectivity index (χ0v) is 13.9. The first-order valence-electron chi connectivity index (χ1n) is 7.98. The highest BCUT2D eigenvalue weighted by atomic mass is 16.5. The number of methoxy groups -OCH3 is 2. The molecular formula is C18H29NO2. The largest absolute Gasteiger partial charge is 0.493 e. The van der Waals surface area contributed by atoms with E-state index in [-0.39, 0.29) is 0 Å². The van der Waals surface area contributed by atoms with Gasteiger partial charge in [0.25, 0.3) is 0 Å². The molecule has 0 bridgehead atoms. The highest BCUT2D eigenvalue weighted by molar-refractivity contribution is 5.42. The molecule has 1 aromatic carbocycles. The Morgan fingerprint density at radius 1 is 1.19 bits per heavy atom. The number of ether oxygens (including phenoxy) is 2. The van der Waals surface area contributed by atoms with Gasteiger partial charge in [-0.15, -0.1) is 0 Å². The van der Waals surface area contributed by atoms with E-state index in [4.69, 9.17) is 9.47 Å². The summed E-state index contributed by atoms with van der Waals surface area (Å²) in [7, 11) is 3.36. The van der Waals surface area contributed by atoms with Gasteiger partial charge in [-0.25, -0.2) is 0 Å². The van der Waals surface area contributed by atoms with E-state index in [0.717, 1.165) is 24.5 Å². The van der Waals surface area contributed by atoms with Gasteiger partial charge in [0.15, 0.2) is 11.5 Å². The van der Waals surface area contributed by atoms with Crippen LogP contribution in [0.2, 0.25) is 0 Å². The van der Waals surface area contributed by atoms with Crippen LogP contribution in [0.4, 0.5) is 0 Å². The summed E-state index contributed by atoms with van der Waals surface area (Å²) in [6.07, 6.45) is 6.34. The predicted octanol–water partition coefficient (Wildman–Crippen LogP) is 3.80. The van der Waals surface area contributed by atoms with Gasteiger partial charge in [0.05, 0.1) is 14.2 Å². The molecule has 1 atom stereocenters. The third-order valence-electron chi connectivity index (χ3n) is 4.50. The van der Waals surface area contributed by atoms with Crippen LogP contribution in [0.5, 0.6) is 11.5 Å². The quantitative estimate of drug-likeness (QED) is 0.864. The molecule has 1 aliphatic rings. The third-order valence-corrected chi connectivity index (χ3v) is 4.50. The highest BCUT2D eigenvalue weighted by Gasteiger charge is 2.27. The fraction of sp³-hybridized carbons (Fsp3) is 0.667. The summed E-state index contributed by atoms with van der Waals surface area (Å²) in [6, 6.07) is 6.85. The van der Waals surface area contributed by atoms with E-state index in [1.807, 2.05) is 6.07 Å². The third kappa shape index (κ3) is 4.63. The Labute approximate surface area is 129 Å². The Bertz CT molecular complexity index is 457. The van der Waals surface area contributed by atoms with E-state index in [2.05, 4.69) is 31.3 Å². The van der Waals surface area contributed by atoms with Crippen molar-refractivity contribution in [3.8, 4) is 11.5 Å². The molecule has 0 aliphatic heterocycles. The molecule has 0 amide bonds. The van der Waals surface area contributed by atoms with Gasteiger partial charge in [-0.3, -0.25) is 0 Å². The highest BCUT2D eigenvalue weighted by Crippen LogP contribution is 2.35. The molecule has 1 N–H and O–H groups in total. The smallest absolute Gasteiger partial charge is 0.160 e. The monoisotopic (exact) mass is 291 g/mol. The first-order chi connectivity index (χ1) is 10.0. The van der Waals surface area contributed by atoms with Crippen LogP contribution in [-0.4, -0.2) is 26.8 Å². The zero-order chi connectivity index (χ0) is 15.3. The lowest BCUT2D eigenvalue weighted by molar-refractivity contribution is 0.199. The Hall–Kier alpha value is -1.22. The fourth-order valence-electron chi connectivity index (χ4n) is 3.33. The van der Waals surface area contributed by atoms with Crippen molar-refractivity contribution in [1.82, 2.24) is 5.32 Å². The van der Waals surface area contributed by atoms with Crippen LogP contribution < -0.4 is 14.8 Å². The van der Waals surface area contributed by atoms with Crippen LogP contribution in [0.1, 0.15) is 45.1 Å². The van der Waals surface area contributed by atoms with Gasteiger partial charge >= 0.3 is 0 Å². The topological polar surface area (TPSA) is 30.5 Å². The first-order valence-corrected chi connectivity index (χ1v) is 7.98. The number of rotatable bonds is 6. The van der Waals surface area contributed by atoms with Crippen LogP contribution in [0.25, 0.3) is 0 Å². The lowest BCUT2D eigenvalue weighted by Crippen LogP contribution is -2.38. The van der Waals surface area contributed by atoms with Crippen molar-refractivity contribution in [2.24, 2.45) is 5.41 Å². The summed E-state index contributed by atoms with van der Waals surface area (Å²) >= 11 is 0. The maximum absolute atomic E-state index is 5.36. The minimum Gasteiger partial charge on any atom is -0.493 e. The summed E-state index contributed by atoms with van der Waals surface area (Å²) in [4.78, 5) is 0. The van der Waals surface area contributed by atoms with Crippen molar-refractivity contribution >= 4 is 0 Å². The van der Waals surface area contributed by atoms with E-state index < -0.39 is 0 Å². The average Bonchev–Trinajstić information content (AvgIpc) is 2.46. The number of nitrogens with one attached hydrogen (secondary N) is 1. The summed E-state index contributed by atoms with van der Waals surface area (Å²) in [6.45, 7) is 5.79. The van der Waals surface area contributed by atoms with Crippen molar-refractivity contribution in [3.05, 3.63) is 23.8 Å². The van der Waals surface area contributed by atoms with Gasteiger partial charge in [0.2, 0.25) is 0 Å². The molecule has 2 rings (SSSR count). The molecular weight excluding hydrogens is 262 g/mol. The van der Waals surface area contributed by atoms with Gasteiger partial charge < -0.3 is 14.8 Å². The van der Waals surface area contributed by atoms with E-state index >= 15 is 0 Å². The first kappa shape index (κ1) is 16.2. The fourth-order valence-corrected chi connectivity index (χ4v) is 3.33. The van der Waals surface area contributed by atoms with Crippen LogP contribution in [0.3, 0.4) is 0 Å². The van der Waals surface area contributed by atoms with Crippen molar-refractivity contribution in [2.75, 3.05) is 20.8 Å². The summed E-state index contributed by atoms with van der Waals surface area (Å²) < 4.78 is 10.6. The molecule has 0 saturated heterocycles. The second-order valence-corrected chi connectivity index (χ2v) is 6.85. The summed E-state index contributed by atoms with van der Waals surface area (Å²) in [5.74, 6) is 1.61. The molecule has 3 nitrogen and oxygen atoms in total. The minimum atomic E-state index is 0.499.